The van der Waals surface area contributed by atoms with E-state index in [1.165, 1.54) is 19.4 Å². The van der Waals surface area contributed by atoms with E-state index >= 15 is 0 Å². The Morgan fingerprint density at radius 1 is 0.800 bits per heavy atom. The van der Waals surface area contributed by atoms with Crippen LogP contribution in [0.25, 0.3) is 0 Å². The predicted octanol–water partition coefficient (Wildman–Crippen LogP) is 14.2. The Morgan fingerprint density at radius 2 is 1.18 bits per heavy atom. The van der Waals surface area contributed by atoms with Gasteiger partial charge in [0.15, 0.2) is 0 Å². The molecule has 0 radical (unpaired) electrons. The van der Waals surface area contributed by atoms with Crippen LogP contribution in [-0.2, 0) is 34.2 Å². The van der Waals surface area contributed by atoms with Gasteiger partial charge in [-0.15, -0.1) is 6.58 Å². The molecule has 1 saturated heterocycles. The van der Waals surface area contributed by atoms with Gasteiger partial charge in [0.2, 0.25) is 0 Å². The molecule has 0 aromatic heterocycles. The number of likely N-dealkylation sites (N-methyl/N-ethyl adjacent to an activating group) is 1. The summed E-state index contributed by atoms with van der Waals surface area (Å²) >= 11 is 3.21. The molecule has 5 atom stereocenters. The van der Waals surface area contributed by atoms with Crippen molar-refractivity contribution in [1.82, 2.24) is 10.2 Å². The fraction of sp³-hybridized carbons (Fsp3) is 0.581. The molecule has 1 N–H and O–H groups in total. The average Bonchev–Trinajstić information content (AvgIpc) is 3.12. The number of hydrogen-bond acceptors (Lipinski definition) is 4. The first-order chi connectivity index (χ1) is 27.2. The van der Waals surface area contributed by atoms with Crippen molar-refractivity contribution < 1.29 is 62.2 Å². The van der Waals surface area contributed by atoms with Gasteiger partial charge in [-0.05, 0) is 128 Å². The first kappa shape index (κ1) is 55.2. The number of halogens is 13. The van der Waals surface area contributed by atoms with Crippen LogP contribution in [0.5, 0.6) is 0 Å². The summed E-state index contributed by atoms with van der Waals surface area (Å²) in [5.41, 5.74) is -4.50. The van der Waals surface area contributed by atoms with Crippen molar-refractivity contribution in [1.29, 1.82) is 0 Å². The molecule has 17 heteroatoms. The highest BCUT2D eigenvalue weighted by molar-refractivity contribution is 9.09. The topological polar surface area (TPSA) is 33.7 Å². The highest BCUT2D eigenvalue weighted by Gasteiger charge is 2.39. The quantitative estimate of drug-likeness (QED) is 0.116. The lowest BCUT2D eigenvalue weighted by Gasteiger charge is -2.39. The number of alkyl halides is 13. The lowest BCUT2D eigenvalue weighted by Crippen LogP contribution is -2.51. The molecule has 0 bridgehead atoms. The molecule has 0 saturated carbocycles. The molecule has 2 aromatic carbocycles. The second-order valence-electron chi connectivity index (χ2n) is 16.1. The fourth-order valence-corrected chi connectivity index (χ4v) is 5.76. The molecule has 1 unspecified atom stereocenters. The second-order valence-corrected chi connectivity index (χ2v) is 16.6. The minimum atomic E-state index is -4.89. The summed E-state index contributed by atoms with van der Waals surface area (Å²) < 4.78 is 168. The minimum Gasteiger partial charge on any atom is -0.372 e. The number of allylic oxidation sites excluding steroid dienone is 1. The molecule has 2 aromatic rings. The number of hydrogen-bond donors (Lipinski definition) is 1. The van der Waals surface area contributed by atoms with Crippen LogP contribution in [0.1, 0.15) is 113 Å². The van der Waals surface area contributed by atoms with Crippen LogP contribution in [0.4, 0.5) is 52.7 Å². The van der Waals surface area contributed by atoms with E-state index in [1.54, 1.807) is 6.08 Å². The van der Waals surface area contributed by atoms with E-state index in [1.807, 2.05) is 39.6 Å². The maximum Gasteiger partial charge on any atom is 0.416 e. The van der Waals surface area contributed by atoms with E-state index < -0.39 is 64.7 Å². The summed E-state index contributed by atoms with van der Waals surface area (Å²) in [6, 6.07) is 3.07. The predicted molar refractivity (Wildman–Crippen MR) is 216 cm³/mol. The van der Waals surface area contributed by atoms with Crippen LogP contribution in [0.2, 0.25) is 0 Å². The van der Waals surface area contributed by atoms with Gasteiger partial charge in [-0.2, -0.15) is 52.7 Å². The number of nitrogens with zero attached hydrogens (tertiary/aromatic N) is 1. The summed E-state index contributed by atoms with van der Waals surface area (Å²) in [7, 11) is 1.85. The Kier molecular flexibility index (Phi) is 20.7. The summed E-state index contributed by atoms with van der Waals surface area (Å²) in [4.78, 5) is 1.97. The molecule has 1 fully saturated rings. The first-order valence-electron chi connectivity index (χ1n) is 18.9. The van der Waals surface area contributed by atoms with Crippen molar-refractivity contribution in [3.8, 4) is 0 Å². The molecule has 1 aliphatic rings. The van der Waals surface area contributed by atoms with Crippen LogP contribution in [-0.4, -0.2) is 54.7 Å². The third-order valence-electron chi connectivity index (χ3n) is 9.76. The Balaban J connectivity index is 0.000000541. The van der Waals surface area contributed by atoms with Crippen LogP contribution < -0.4 is 5.32 Å². The first-order valence-corrected chi connectivity index (χ1v) is 20.0. The molecule has 0 spiro atoms. The van der Waals surface area contributed by atoms with E-state index in [-0.39, 0.29) is 42.0 Å². The maximum absolute atomic E-state index is 13.1. The van der Waals surface area contributed by atoms with Crippen LogP contribution in [0.15, 0.2) is 73.4 Å². The maximum atomic E-state index is 13.1. The Bertz CT molecular complexity index is 1630. The van der Waals surface area contributed by atoms with E-state index in [0.29, 0.717) is 31.0 Å². The standard InChI is InChI=1S/C21H27F6NO.C18H23F6NO.C4H7Br/c1-7-8-19(5,28(6)12-14(2)3)13-29-15(4)16-9-17(20(22,23)24)11-18(10-16)21(25,26)27;1-11-4-5-16(3,25-9-11)10-26-12(2)13-6-14(17(19,20)21)8-15(7-13)18(22,23)24;1-4(2)3-5/h7,9-11,15H,1-2,8,12-13H2,3-6H3;6-8,11-12,25H,4-5,9-10H2,1-3H3;1,3H2,2H3/t15-,19-;11?,12-,16-;/m11./s1. The Hall–Kier alpha value is -2.86. The van der Waals surface area contributed by atoms with Crippen molar-refractivity contribution in [2.45, 2.75) is 116 Å². The molecular weight excluding hydrogens is 884 g/mol. The molecule has 342 valence electrons. The number of piperidine rings is 1. The Labute approximate surface area is 354 Å². The Morgan fingerprint density at radius 3 is 1.48 bits per heavy atom. The van der Waals surface area contributed by atoms with Gasteiger partial charge >= 0.3 is 24.7 Å². The van der Waals surface area contributed by atoms with Crippen LogP contribution in [0, 0.1) is 5.92 Å². The smallest absolute Gasteiger partial charge is 0.372 e. The molecule has 4 nitrogen and oxygen atoms in total. The minimum absolute atomic E-state index is 0.0849. The van der Waals surface area contributed by atoms with E-state index in [2.05, 4.69) is 47.9 Å². The number of rotatable bonds is 14. The summed E-state index contributed by atoms with van der Waals surface area (Å²) in [6.07, 6.45) is -17.3. The number of nitrogens with one attached hydrogen (secondary N) is 1. The molecule has 1 aliphatic heterocycles. The van der Waals surface area contributed by atoms with Crippen molar-refractivity contribution in [2.24, 2.45) is 5.92 Å². The fourth-order valence-electron chi connectivity index (χ4n) is 5.76. The molecule has 60 heavy (non-hydrogen) atoms. The van der Waals surface area contributed by atoms with Gasteiger partial charge in [0.05, 0.1) is 47.7 Å². The molecule has 0 aliphatic carbocycles. The van der Waals surface area contributed by atoms with Crippen molar-refractivity contribution in [3.63, 3.8) is 0 Å². The van der Waals surface area contributed by atoms with Gasteiger partial charge in [0.25, 0.3) is 0 Å². The summed E-state index contributed by atoms with van der Waals surface area (Å²) in [6.45, 7) is 25.5. The third kappa shape index (κ3) is 18.6. The second kappa shape index (κ2) is 22.5. The average molecular weight is 942 g/mol. The lowest BCUT2D eigenvalue weighted by atomic mass is 9.87. The van der Waals surface area contributed by atoms with Gasteiger partial charge in [-0.25, -0.2) is 0 Å². The zero-order chi connectivity index (χ0) is 46.7. The third-order valence-corrected chi connectivity index (χ3v) is 10.7. The molecule has 3 rings (SSSR count). The summed E-state index contributed by atoms with van der Waals surface area (Å²) in [5, 5.41) is 4.26. The monoisotopic (exact) mass is 940 g/mol. The van der Waals surface area contributed by atoms with Gasteiger partial charge in [0, 0.05) is 23.0 Å². The van der Waals surface area contributed by atoms with E-state index in [4.69, 9.17) is 9.47 Å². The molecule has 0 amide bonds. The van der Waals surface area contributed by atoms with Gasteiger partial charge < -0.3 is 14.8 Å². The van der Waals surface area contributed by atoms with E-state index in [9.17, 15) is 52.7 Å². The lowest BCUT2D eigenvalue weighted by molar-refractivity contribution is -0.145. The summed E-state index contributed by atoms with van der Waals surface area (Å²) in [5.74, 6) is 0.526. The van der Waals surface area contributed by atoms with Crippen LogP contribution >= 0.6 is 15.9 Å². The van der Waals surface area contributed by atoms with Crippen molar-refractivity contribution >= 4 is 15.9 Å². The number of benzene rings is 2. The van der Waals surface area contributed by atoms with Crippen molar-refractivity contribution in [3.05, 3.63) is 107 Å². The van der Waals surface area contributed by atoms with Crippen molar-refractivity contribution in [2.75, 3.05) is 38.7 Å². The van der Waals surface area contributed by atoms with Gasteiger partial charge in [-0.3, -0.25) is 4.90 Å². The van der Waals surface area contributed by atoms with Gasteiger partial charge in [0.1, 0.15) is 0 Å². The zero-order valence-electron chi connectivity index (χ0n) is 35.2. The molecule has 1 heterocycles. The zero-order valence-corrected chi connectivity index (χ0v) is 36.8. The SMILES string of the molecule is C=C(C)CBr.C=CC[C@](C)(CO[C@H](C)c1cc(C(F)(F)F)cc(C(F)(F)F)c1)N(C)CC(=C)C.CC1CC[C@](C)(CO[C@H](C)c2cc(C(F)(F)F)cc(C(F)(F)F)c2)NC1. The number of ether oxygens (including phenoxy) is 2. The molecular formula is C43H57BrF12N2O2. The highest BCUT2D eigenvalue weighted by Crippen LogP contribution is 2.40. The van der Waals surface area contributed by atoms with Crippen LogP contribution in [0.3, 0.4) is 0 Å². The van der Waals surface area contributed by atoms with Gasteiger partial charge in [-0.1, -0.05) is 53.2 Å². The largest absolute Gasteiger partial charge is 0.416 e. The highest BCUT2D eigenvalue weighted by atomic mass is 79.9. The van der Waals surface area contributed by atoms with E-state index in [0.717, 1.165) is 42.4 Å². The normalized spacial score (nSPS) is 19.5.